The van der Waals surface area contributed by atoms with E-state index in [4.69, 9.17) is 23.2 Å². The summed E-state index contributed by atoms with van der Waals surface area (Å²) in [5, 5.41) is 3.39. The molecule has 0 aliphatic heterocycles. The maximum Gasteiger partial charge on any atom is 0.264 e. The number of rotatable bonds is 10. The standard InChI is InChI=1S/C28H31Cl2N3O4S/c1-5-31-28(35)21(4)32(17-23-24(29)12-9-13-25(23)30)27(34)18-33(26-15-14-19(2)16-20(26)3)38(36,37)22-10-7-6-8-11-22/h6-16,21H,5,17-18H2,1-4H3,(H,31,35)/t21-/m0/s1. The van der Waals surface area contributed by atoms with Crippen molar-refractivity contribution in [2.75, 3.05) is 17.4 Å². The van der Waals surface area contributed by atoms with Gasteiger partial charge in [-0.25, -0.2) is 8.42 Å². The van der Waals surface area contributed by atoms with Crippen molar-refractivity contribution in [1.29, 1.82) is 0 Å². The lowest BCUT2D eigenvalue weighted by Gasteiger charge is -2.32. The third-order valence-corrected chi connectivity index (χ3v) is 8.62. The largest absolute Gasteiger partial charge is 0.355 e. The number of carbonyl (C=O) groups excluding carboxylic acids is 2. The molecular weight excluding hydrogens is 545 g/mol. The number of hydrogen-bond donors (Lipinski definition) is 1. The van der Waals surface area contributed by atoms with Crippen LogP contribution < -0.4 is 9.62 Å². The predicted molar refractivity (Wildman–Crippen MR) is 152 cm³/mol. The van der Waals surface area contributed by atoms with Gasteiger partial charge >= 0.3 is 0 Å². The molecule has 3 aromatic carbocycles. The fourth-order valence-corrected chi connectivity index (χ4v) is 6.09. The Labute approximate surface area is 234 Å². The van der Waals surface area contributed by atoms with Crippen LogP contribution in [0.25, 0.3) is 0 Å². The molecule has 0 saturated heterocycles. The van der Waals surface area contributed by atoms with Crippen molar-refractivity contribution in [3.8, 4) is 0 Å². The third-order valence-electron chi connectivity index (χ3n) is 6.14. The van der Waals surface area contributed by atoms with Gasteiger partial charge in [0.15, 0.2) is 0 Å². The van der Waals surface area contributed by atoms with Crippen molar-refractivity contribution in [1.82, 2.24) is 10.2 Å². The Morgan fingerprint density at radius 1 is 0.947 bits per heavy atom. The molecule has 0 aliphatic rings. The van der Waals surface area contributed by atoms with Gasteiger partial charge in [0, 0.05) is 28.7 Å². The minimum Gasteiger partial charge on any atom is -0.355 e. The van der Waals surface area contributed by atoms with Crippen LogP contribution in [0.5, 0.6) is 0 Å². The highest BCUT2D eigenvalue weighted by Crippen LogP contribution is 2.30. The van der Waals surface area contributed by atoms with Crippen molar-refractivity contribution in [3.05, 3.63) is 93.5 Å². The van der Waals surface area contributed by atoms with Crippen LogP contribution in [0.4, 0.5) is 5.69 Å². The number of benzene rings is 3. The van der Waals surface area contributed by atoms with E-state index in [1.165, 1.54) is 17.0 Å². The van der Waals surface area contributed by atoms with Crippen LogP contribution >= 0.6 is 23.2 Å². The van der Waals surface area contributed by atoms with Crippen LogP contribution in [0, 0.1) is 13.8 Å². The van der Waals surface area contributed by atoms with Crippen molar-refractivity contribution >= 4 is 50.7 Å². The van der Waals surface area contributed by atoms with E-state index in [-0.39, 0.29) is 17.3 Å². The topological polar surface area (TPSA) is 86.8 Å². The molecule has 3 rings (SSSR count). The number of carbonyl (C=O) groups is 2. The first-order valence-corrected chi connectivity index (χ1v) is 14.3. The van der Waals surface area contributed by atoms with Gasteiger partial charge in [-0.2, -0.15) is 0 Å². The van der Waals surface area contributed by atoms with E-state index in [1.54, 1.807) is 69.3 Å². The first-order chi connectivity index (χ1) is 18.0. The molecule has 202 valence electrons. The fourth-order valence-electron chi connectivity index (χ4n) is 4.08. The Morgan fingerprint density at radius 3 is 2.16 bits per heavy atom. The molecule has 1 atom stereocenters. The van der Waals surface area contributed by atoms with Crippen LogP contribution in [0.1, 0.15) is 30.5 Å². The number of aryl methyl sites for hydroxylation is 2. The van der Waals surface area contributed by atoms with E-state index < -0.39 is 28.5 Å². The quantitative estimate of drug-likeness (QED) is 0.352. The second-order valence-electron chi connectivity index (χ2n) is 8.91. The molecule has 7 nitrogen and oxygen atoms in total. The lowest BCUT2D eigenvalue weighted by atomic mass is 10.1. The zero-order chi connectivity index (χ0) is 28.0. The summed E-state index contributed by atoms with van der Waals surface area (Å²) in [4.78, 5) is 28.1. The first kappa shape index (κ1) is 29.5. The summed E-state index contributed by atoms with van der Waals surface area (Å²) in [6.45, 7) is 6.81. The van der Waals surface area contributed by atoms with E-state index in [2.05, 4.69) is 5.32 Å². The molecular formula is C28H31Cl2N3O4S. The average molecular weight is 577 g/mol. The lowest BCUT2D eigenvalue weighted by molar-refractivity contribution is -0.139. The van der Waals surface area contributed by atoms with Gasteiger partial charge in [0.25, 0.3) is 10.0 Å². The normalized spacial score (nSPS) is 12.1. The highest BCUT2D eigenvalue weighted by Gasteiger charge is 2.33. The highest BCUT2D eigenvalue weighted by atomic mass is 35.5. The predicted octanol–water partition coefficient (Wildman–Crippen LogP) is 5.36. The summed E-state index contributed by atoms with van der Waals surface area (Å²) in [6.07, 6.45) is 0. The number of nitrogens with zero attached hydrogens (tertiary/aromatic N) is 2. The number of hydrogen-bond acceptors (Lipinski definition) is 4. The monoisotopic (exact) mass is 575 g/mol. The Morgan fingerprint density at radius 2 is 1.58 bits per heavy atom. The summed E-state index contributed by atoms with van der Waals surface area (Å²) in [5.41, 5.74) is 2.47. The van der Waals surface area contributed by atoms with Crippen LogP contribution in [0.15, 0.2) is 71.6 Å². The number of likely N-dealkylation sites (N-methyl/N-ethyl adjacent to an activating group) is 1. The third kappa shape index (κ3) is 6.67. The Kier molecular flexibility index (Phi) is 9.82. The summed E-state index contributed by atoms with van der Waals surface area (Å²) in [7, 11) is -4.13. The molecule has 10 heteroatoms. The van der Waals surface area contributed by atoms with Crippen LogP contribution in [-0.2, 0) is 26.2 Å². The highest BCUT2D eigenvalue weighted by molar-refractivity contribution is 7.92. The molecule has 3 aromatic rings. The molecule has 0 saturated carbocycles. The maximum absolute atomic E-state index is 13.9. The smallest absolute Gasteiger partial charge is 0.264 e. The second kappa shape index (κ2) is 12.7. The van der Waals surface area contributed by atoms with Gasteiger partial charge < -0.3 is 10.2 Å². The van der Waals surface area contributed by atoms with Crippen molar-refractivity contribution in [2.24, 2.45) is 0 Å². The van der Waals surface area contributed by atoms with Gasteiger partial charge in [0.05, 0.1) is 10.6 Å². The number of anilines is 1. The Bertz CT molecular complexity index is 1390. The molecule has 0 fully saturated rings. The molecule has 0 aliphatic carbocycles. The summed E-state index contributed by atoms with van der Waals surface area (Å²) < 4.78 is 28.8. The van der Waals surface area contributed by atoms with Gasteiger partial charge in [-0.3, -0.25) is 13.9 Å². The van der Waals surface area contributed by atoms with E-state index in [9.17, 15) is 18.0 Å². The molecule has 1 N–H and O–H groups in total. The zero-order valence-electron chi connectivity index (χ0n) is 21.7. The van der Waals surface area contributed by atoms with Crippen LogP contribution in [-0.4, -0.2) is 44.3 Å². The molecule has 2 amide bonds. The van der Waals surface area contributed by atoms with Crippen molar-refractivity contribution in [2.45, 2.75) is 45.2 Å². The number of sulfonamides is 1. The summed E-state index contributed by atoms with van der Waals surface area (Å²) in [6, 6.07) is 17.3. The van der Waals surface area contributed by atoms with Gasteiger partial charge in [-0.05, 0) is 63.6 Å². The van der Waals surface area contributed by atoms with E-state index >= 15 is 0 Å². The van der Waals surface area contributed by atoms with Crippen molar-refractivity contribution in [3.63, 3.8) is 0 Å². The number of amides is 2. The molecule has 0 bridgehead atoms. The first-order valence-electron chi connectivity index (χ1n) is 12.1. The van der Waals surface area contributed by atoms with E-state index in [0.717, 1.165) is 9.87 Å². The summed E-state index contributed by atoms with van der Waals surface area (Å²) >= 11 is 12.8. The number of nitrogens with one attached hydrogen (secondary N) is 1. The molecule has 38 heavy (non-hydrogen) atoms. The molecule has 0 aromatic heterocycles. The molecule has 0 heterocycles. The minimum absolute atomic E-state index is 0.0465. The van der Waals surface area contributed by atoms with E-state index in [0.29, 0.717) is 33.4 Å². The summed E-state index contributed by atoms with van der Waals surface area (Å²) in [5.74, 6) is -0.966. The molecule has 0 unspecified atom stereocenters. The SMILES string of the molecule is CCNC(=O)[C@H](C)N(Cc1c(Cl)cccc1Cl)C(=O)CN(c1ccc(C)cc1C)S(=O)(=O)c1ccccc1. The van der Waals surface area contributed by atoms with Gasteiger partial charge in [0.1, 0.15) is 12.6 Å². The fraction of sp³-hybridized carbons (Fsp3) is 0.286. The van der Waals surface area contributed by atoms with Crippen LogP contribution in [0.2, 0.25) is 10.0 Å². The maximum atomic E-state index is 13.9. The Balaban J connectivity index is 2.09. The van der Waals surface area contributed by atoms with E-state index in [1.807, 2.05) is 13.0 Å². The van der Waals surface area contributed by atoms with Crippen molar-refractivity contribution < 1.29 is 18.0 Å². The lowest BCUT2D eigenvalue weighted by Crippen LogP contribution is -2.51. The van der Waals surface area contributed by atoms with Gasteiger partial charge in [-0.1, -0.05) is 65.2 Å². The average Bonchev–Trinajstić information content (AvgIpc) is 2.87. The number of halogens is 2. The van der Waals surface area contributed by atoms with Crippen LogP contribution in [0.3, 0.4) is 0 Å². The molecule has 0 spiro atoms. The van der Waals surface area contributed by atoms with Gasteiger partial charge in [0.2, 0.25) is 11.8 Å². The van der Waals surface area contributed by atoms with Gasteiger partial charge in [-0.15, -0.1) is 0 Å². The molecule has 0 radical (unpaired) electrons. The Hall–Kier alpha value is -3.07. The minimum atomic E-state index is -4.13. The second-order valence-corrected chi connectivity index (χ2v) is 11.6. The zero-order valence-corrected chi connectivity index (χ0v) is 24.1.